The van der Waals surface area contributed by atoms with E-state index in [4.69, 9.17) is 10.00 Å². The van der Waals surface area contributed by atoms with Crippen LogP contribution in [0.2, 0.25) is 0 Å². The van der Waals surface area contributed by atoms with Gasteiger partial charge in [0.2, 0.25) is 0 Å². The number of halogens is 2. The highest BCUT2D eigenvalue weighted by Crippen LogP contribution is 2.16. The zero-order valence-corrected chi connectivity index (χ0v) is 14.4. The van der Waals surface area contributed by atoms with Crippen LogP contribution < -0.4 is 5.32 Å². The van der Waals surface area contributed by atoms with E-state index in [2.05, 4.69) is 21.2 Å². The number of nitrogens with zero attached hydrogens (tertiary/aromatic N) is 1. The summed E-state index contributed by atoms with van der Waals surface area (Å²) in [7, 11) is 0. The van der Waals surface area contributed by atoms with Crippen molar-refractivity contribution in [3.05, 3.63) is 70.0 Å². The standard InChI is InChI=1S/C18H12BrFN2O3/c19-14-5-6-16(20)13(9-14)4-7-18(24)25-11-17(23)22-15-3-1-2-12(8-15)10-21/h1-9H,11H2,(H,22,23)/b7-4+. The van der Waals surface area contributed by atoms with Crippen LogP contribution in [-0.2, 0) is 14.3 Å². The SMILES string of the molecule is N#Cc1cccc(NC(=O)COC(=O)/C=C/c2cc(Br)ccc2F)c1. The van der Waals surface area contributed by atoms with Crippen LogP contribution in [-0.4, -0.2) is 18.5 Å². The third kappa shape index (κ3) is 5.86. The van der Waals surface area contributed by atoms with E-state index in [0.29, 0.717) is 15.7 Å². The van der Waals surface area contributed by atoms with Gasteiger partial charge in [0.15, 0.2) is 6.61 Å². The number of hydrogen-bond donors (Lipinski definition) is 1. The predicted octanol–water partition coefficient (Wildman–Crippen LogP) is 3.65. The number of nitriles is 1. The third-order valence-corrected chi connectivity index (χ3v) is 3.47. The molecule has 0 unspecified atom stereocenters. The maximum atomic E-state index is 13.5. The van der Waals surface area contributed by atoms with Crippen LogP contribution in [0.5, 0.6) is 0 Å². The largest absolute Gasteiger partial charge is 0.452 e. The van der Waals surface area contributed by atoms with Gasteiger partial charge in [0.25, 0.3) is 5.91 Å². The summed E-state index contributed by atoms with van der Waals surface area (Å²) < 4.78 is 19.0. The summed E-state index contributed by atoms with van der Waals surface area (Å²) in [5.41, 5.74) is 1.03. The normalized spacial score (nSPS) is 10.3. The number of carbonyl (C=O) groups excluding carboxylic acids is 2. The fraction of sp³-hybridized carbons (Fsp3) is 0.0556. The predicted molar refractivity (Wildman–Crippen MR) is 93.9 cm³/mol. The van der Waals surface area contributed by atoms with Crippen molar-refractivity contribution in [1.82, 2.24) is 0 Å². The summed E-state index contributed by atoms with van der Waals surface area (Å²) in [6.07, 6.45) is 2.30. The molecule has 0 radical (unpaired) electrons. The Bertz CT molecular complexity index is 875. The minimum absolute atomic E-state index is 0.212. The van der Waals surface area contributed by atoms with Crippen molar-refractivity contribution >= 4 is 39.6 Å². The Labute approximate surface area is 151 Å². The first kappa shape index (κ1) is 18.4. The number of ether oxygens (including phenoxy) is 1. The lowest BCUT2D eigenvalue weighted by molar-refractivity contribution is -0.142. The van der Waals surface area contributed by atoms with Crippen LogP contribution in [0.3, 0.4) is 0 Å². The molecule has 2 rings (SSSR count). The van der Waals surface area contributed by atoms with Gasteiger partial charge in [-0.25, -0.2) is 9.18 Å². The molecule has 1 N–H and O–H groups in total. The molecule has 0 bridgehead atoms. The average molecular weight is 403 g/mol. The van der Waals surface area contributed by atoms with Gasteiger partial charge in [-0.3, -0.25) is 4.79 Å². The van der Waals surface area contributed by atoms with Crippen molar-refractivity contribution in [2.75, 3.05) is 11.9 Å². The molecule has 0 aromatic heterocycles. The summed E-state index contributed by atoms with van der Waals surface area (Å²) in [5, 5.41) is 11.3. The number of anilines is 1. The Balaban J connectivity index is 1.87. The number of rotatable bonds is 5. The Kier molecular flexibility index (Phi) is 6.43. The van der Waals surface area contributed by atoms with Gasteiger partial charge in [0, 0.05) is 21.8 Å². The maximum Gasteiger partial charge on any atom is 0.331 e. The fourth-order valence-electron chi connectivity index (χ4n) is 1.85. The fourth-order valence-corrected chi connectivity index (χ4v) is 2.23. The van der Waals surface area contributed by atoms with E-state index in [1.54, 1.807) is 18.2 Å². The monoisotopic (exact) mass is 402 g/mol. The number of carbonyl (C=O) groups is 2. The molecule has 2 aromatic rings. The Morgan fingerprint density at radius 1 is 1.28 bits per heavy atom. The first-order valence-electron chi connectivity index (χ1n) is 7.08. The highest BCUT2D eigenvalue weighted by Gasteiger charge is 2.07. The zero-order chi connectivity index (χ0) is 18.2. The third-order valence-electron chi connectivity index (χ3n) is 2.98. The summed E-state index contributed by atoms with van der Waals surface area (Å²) in [6, 6.07) is 12.6. The lowest BCUT2D eigenvalue weighted by Crippen LogP contribution is -2.20. The van der Waals surface area contributed by atoms with E-state index >= 15 is 0 Å². The van der Waals surface area contributed by atoms with Gasteiger partial charge in [0.05, 0.1) is 11.6 Å². The molecular weight excluding hydrogens is 391 g/mol. The molecule has 0 aliphatic heterocycles. The second kappa shape index (κ2) is 8.76. The smallest absolute Gasteiger partial charge is 0.331 e. The molecule has 1 amide bonds. The molecule has 0 aliphatic carbocycles. The van der Waals surface area contributed by atoms with Crippen molar-refractivity contribution in [1.29, 1.82) is 5.26 Å². The molecule has 0 atom stereocenters. The van der Waals surface area contributed by atoms with Crippen LogP contribution in [0.4, 0.5) is 10.1 Å². The average Bonchev–Trinajstić information content (AvgIpc) is 2.61. The second-order valence-electron chi connectivity index (χ2n) is 4.85. The van der Waals surface area contributed by atoms with Crippen LogP contribution >= 0.6 is 15.9 Å². The minimum Gasteiger partial charge on any atom is -0.452 e. The van der Waals surface area contributed by atoms with Gasteiger partial charge < -0.3 is 10.1 Å². The van der Waals surface area contributed by atoms with Gasteiger partial charge >= 0.3 is 5.97 Å². The molecule has 0 saturated carbocycles. The van der Waals surface area contributed by atoms with Crippen LogP contribution in [0.1, 0.15) is 11.1 Å². The van der Waals surface area contributed by atoms with Crippen LogP contribution in [0.25, 0.3) is 6.08 Å². The van der Waals surface area contributed by atoms with Crippen molar-refractivity contribution < 1.29 is 18.7 Å². The van der Waals surface area contributed by atoms with Crippen molar-refractivity contribution in [2.45, 2.75) is 0 Å². The van der Waals surface area contributed by atoms with Crippen molar-refractivity contribution in [3.63, 3.8) is 0 Å². The van der Waals surface area contributed by atoms with Gasteiger partial charge in [-0.05, 0) is 42.5 Å². The van der Waals surface area contributed by atoms with Gasteiger partial charge in [-0.1, -0.05) is 22.0 Å². The summed E-state index contributed by atoms with van der Waals surface area (Å²) in [6.45, 7) is -0.499. The molecule has 25 heavy (non-hydrogen) atoms. The molecule has 0 saturated heterocycles. The van der Waals surface area contributed by atoms with E-state index in [-0.39, 0.29) is 5.56 Å². The Hall–Kier alpha value is -2.98. The number of hydrogen-bond acceptors (Lipinski definition) is 4. The molecule has 0 heterocycles. The van der Waals surface area contributed by atoms with Crippen LogP contribution in [0.15, 0.2) is 53.0 Å². The first-order valence-corrected chi connectivity index (χ1v) is 7.87. The molecule has 7 heteroatoms. The maximum absolute atomic E-state index is 13.5. The lowest BCUT2D eigenvalue weighted by atomic mass is 10.2. The molecule has 2 aromatic carbocycles. The van der Waals surface area contributed by atoms with Gasteiger partial charge in [0.1, 0.15) is 5.82 Å². The number of amides is 1. The minimum atomic E-state index is -0.777. The molecule has 126 valence electrons. The summed E-state index contributed by atoms with van der Waals surface area (Å²) in [5.74, 6) is -1.81. The molecule has 5 nitrogen and oxygen atoms in total. The highest BCUT2D eigenvalue weighted by atomic mass is 79.9. The van der Waals surface area contributed by atoms with E-state index in [1.165, 1.54) is 30.3 Å². The van der Waals surface area contributed by atoms with E-state index in [9.17, 15) is 14.0 Å². The summed E-state index contributed by atoms with van der Waals surface area (Å²) in [4.78, 5) is 23.3. The number of nitrogens with one attached hydrogen (secondary N) is 1. The molecule has 0 spiro atoms. The van der Waals surface area contributed by atoms with E-state index < -0.39 is 24.3 Å². The van der Waals surface area contributed by atoms with Gasteiger partial charge in [-0.2, -0.15) is 5.26 Å². The van der Waals surface area contributed by atoms with Crippen LogP contribution in [0, 0.1) is 17.1 Å². The molecular formula is C18H12BrFN2O3. The first-order chi connectivity index (χ1) is 12.0. The van der Waals surface area contributed by atoms with Crippen molar-refractivity contribution in [2.24, 2.45) is 0 Å². The highest BCUT2D eigenvalue weighted by molar-refractivity contribution is 9.10. The van der Waals surface area contributed by atoms with E-state index in [1.807, 2.05) is 6.07 Å². The Morgan fingerprint density at radius 3 is 2.84 bits per heavy atom. The quantitative estimate of drug-likeness (QED) is 0.611. The number of benzene rings is 2. The zero-order valence-electron chi connectivity index (χ0n) is 12.8. The number of esters is 1. The topological polar surface area (TPSA) is 79.2 Å². The molecule has 0 fully saturated rings. The summed E-state index contributed by atoms with van der Waals surface area (Å²) >= 11 is 3.21. The lowest BCUT2D eigenvalue weighted by Gasteiger charge is -2.05. The van der Waals surface area contributed by atoms with E-state index in [0.717, 1.165) is 6.08 Å². The molecule has 0 aliphatic rings. The van der Waals surface area contributed by atoms with Gasteiger partial charge in [-0.15, -0.1) is 0 Å². The van der Waals surface area contributed by atoms with Crippen molar-refractivity contribution in [3.8, 4) is 6.07 Å². The Morgan fingerprint density at radius 2 is 2.08 bits per heavy atom. The second-order valence-corrected chi connectivity index (χ2v) is 5.76.